The molecule has 1 saturated heterocycles. The largest absolute Gasteiger partial charge is 0.459 e. The van der Waals surface area contributed by atoms with Gasteiger partial charge in [0.1, 0.15) is 21.6 Å². The number of benzene rings is 1. The number of sulfonamides is 1. The number of aromatic nitrogens is 1. The summed E-state index contributed by atoms with van der Waals surface area (Å²) in [4.78, 5) is 16.8. The molecule has 0 unspecified atom stereocenters. The fourth-order valence-electron chi connectivity index (χ4n) is 3.23. The smallest absolute Gasteiger partial charge is 0.309 e. The second-order valence-electron chi connectivity index (χ2n) is 6.87. The van der Waals surface area contributed by atoms with Gasteiger partial charge in [-0.15, -0.1) is 22.7 Å². The predicted octanol–water partition coefficient (Wildman–Crippen LogP) is 4.15. The Labute approximate surface area is 182 Å². The van der Waals surface area contributed by atoms with Crippen LogP contribution in [-0.2, 0) is 26.2 Å². The van der Waals surface area contributed by atoms with Crippen molar-refractivity contribution >= 4 is 38.7 Å². The number of hydrogen-bond donors (Lipinski definition) is 0. The second-order valence-corrected chi connectivity index (χ2v) is 10.8. The van der Waals surface area contributed by atoms with Crippen LogP contribution < -0.4 is 0 Å². The molecule has 0 saturated carbocycles. The standard InChI is InChI=1S/C20H19FN2O4S3/c21-16-5-3-14(4-6-16)19-22-17(13-29-19)12-27-20(24)15-7-9-23(10-8-15)30(25,26)18-2-1-11-28-18/h1-6,11,13,15H,7-10,12H2. The Hall–Kier alpha value is -2.14. The molecule has 2 aromatic heterocycles. The topological polar surface area (TPSA) is 76.6 Å². The van der Waals surface area contributed by atoms with E-state index >= 15 is 0 Å². The van der Waals surface area contributed by atoms with Crippen LogP contribution in [0.15, 0.2) is 51.4 Å². The zero-order valence-electron chi connectivity index (χ0n) is 15.9. The van der Waals surface area contributed by atoms with Gasteiger partial charge in [-0.1, -0.05) is 6.07 Å². The quantitative estimate of drug-likeness (QED) is 0.510. The molecule has 3 aromatic rings. The van der Waals surface area contributed by atoms with Gasteiger partial charge in [0.2, 0.25) is 0 Å². The molecule has 1 aliphatic heterocycles. The number of rotatable bonds is 6. The lowest BCUT2D eigenvalue weighted by molar-refractivity contribution is -0.151. The number of carbonyl (C=O) groups excluding carboxylic acids is 1. The van der Waals surface area contributed by atoms with Crippen molar-refractivity contribution in [2.24, 2.45) is 5.92 Å². The zero-order chi connectivity index (χ0) is 21.1. The van der Waals surface area contributed by atoms with E-state index in [-0.39, 0.29) is 24.3 Å². The summed E-state index contributed by atoms with van der Waals surface area (Å²) in [6.07, 6.45) is 0.864. The maximum Gasteiger partial charge on any atom is 0.309 e. The van der Waals surface area contributed by atoms with Crippen molar-refractivity contribution in [2.75, 3.05) is 13.1 Å². The molecule has 158 valence electrons. The van der Waals surface area contributed by atoms with Crippen LogP contribution >= 0.6 is 22.7 Å². The normalized spacial score (nSPS) is 15.9. The predicted molar refractivity (Wildman–Crippen MR) is 113 cm³/mol. The van der Waals surface area contributed by atoms with Gasteiger partial charge in [0, 0.05) is 24.0 Å². The van der Waals surface area contributed by atoms with Gasteiger partial charge in [0.05, 0.1) is 11.6 Å². The minimum atomic E-state index is -3.48. The zero-order valence-corrected chi connectivity index (χ0v) is 18.3. The average molecular weight is 467 g/mol. The SMILES string of the molecule is O=C(OCc1csc(-c2ccc(F)cc2)n1)C1CCN(S(=O)(=O)c2cccs2)CC1. The third-order valence-electron chi connectivity index (χ3n) is 4.88. The number of thiophene rings is 1. The molecule has 10 heteroatoms. The first-order valence-electron chi connectivity index (χ1n) is 9.34. The minimum Gasteiger partial charge on any atom is -0.459 e. The van der Waals surface area contributed by atoms with Gasteiger partial charge in [-0.05, 0) is 48.6 Å². The summed E-state index contributed by atoms with van der Waals surface area (Å²) in [5.41, 5.74) is 1.43. The fraction of sp³-hybridized carbons (Fsp3) is 0.300. The van der Waals surface area contributed by atoms with E-state index in [4.69, 9.17) is 4.74 Å². The third kappa shape index (κ3) is 4.61. The van der Waals surface area contributed by atoms with Gasteiger partial charge in [-0.2, -0.15) is 4.31 Å². The van der Waals surface area contributed by atoms with Crippen molar-refractivity contribution in [3.05, 3.63) is 58.7 Å². The molecule has 0 atom stereocenters. The summed E-state index contributed by atoms with van der Waals surface area (Å²) in [5.74, 6) is -0.965. The molecule has 6 nitrogen and oxygen atoms in total. The summed E-state index contributed by atoms with van der Waals surface area (Å²) in [6.45, 7) is 0.654. The molecule has 0 spiro atoms. The molecule has 4 rings (SSSR count). The number of thiazole rings is 1. The molecule has 0 radical (unpaired) electrons. The van der Waals surface area contributed by atoms with Crippen LogP contribution in [-0.4, -0.2) is 36.8 Å². The van der Waals surface area contributed by atoms with Crippen molar-refractivity contribution in [3.8, 4) is 10.6 Å². The highest BCUT2D eigenvalue weighted by molar-refractivity contribution is 7.91. The molecule has 0 aliphatic carbocycles. The molecule has 1 fully saturated rings. The maximum atomic E-state index is 13.0. The molecule has 30 heavy (non-hydrogen) atoms. The third-order valence-corrected chi connectivity index (χ3v) is 9.09. The number of nitrogens with zero attached hydrogens (tertiary/aromatic N) is 2. The lowest BCUT2D eigenvalue weighted by atomic mass is 9.98. The highest BCUT2D eigenvalue weighted by Crippen LogP contribution is 2.28. The lowest BCUT2D eigenvalue weighted by Crippen LogP contribution is -2.40. The molecule has 0 bridgehead atoms. The van der Waals surface area contributed by atoms with Crippen LogP contribution in [0.25, 0.3) is 10.6 Å². The van der Waals surface area contributed by atoms with Gasteiger partial charge in [-0.3, -0.25) is 4.79 Å². The lowest BCUT2D eigenvalue weighted by Gasteiger charge is -2.29. The van der Waals surface area contributed by atoms with Crippen LogP contribution in [0.2, 0.25) is 0 Å². The Morgan fingerprint density at radius 2 is 1.90 bits per heavy atom. The number of piperidine rings is 1. The van der Waals surface area contributed by atoms with E-state index in [0.717, 1.165) is 10.6 Å². The summed E-state index contributed by atoms with van der Waals surface area (Å²) in [6, 6.07) is 9.36. The molecule has 0 amide bonds. The second kappa shape index (κ2) is 8.93. The minimum absolute atomic E-state index is 0.0598. The summed E-state index contributed by atoms with van der Waals surface area (Å²) in [5, 5.41) is 4.27. The van der Waals surface area contributed by atoms with Gasteiger partial charge in [-0.25, -0.2) is 17.8 Å². The van der Waals surface area contributed by atoms with Crippen LogP contribution in [0.4, 0.5) is 4.39 Å². The Kier molecular flexibility index (Phi) is 6.28. The van der Waals surface area contributed by atoms with Crippen molar-refractivity contribution < 1.29 is 22.3 Å². The first-order valence-corrected chi connectivity index (χ1v) is 12.5. The fourth-order valence-corrected chi connectivity index (χ4v) is 6.66. The van der Waals surface area contributed by atoms with Crippen LogP contribution in [0.5, 0.6) is 0 Å². The van der Waals surface area contributed by atoms with E-state index in [2.05, 4.69) is 4.98 Å². The highest BCUT2D eigenvalue weighted by atomic mass is 32.2. The number of carbonyl (C=O) groups is 1. The Morgan fingerprint density at radius 1 is 1.17 bits per heavy atom. The maximum absolute atomic E-state index is 13.0. The first kappa shape index (κ1) is 21.1. The van der Waals surface area contributed by atoms with E-state index in [1.165, 1.54) is 39.1 Å². The summed E-state index contributed by atoms with van der Waals surface area (Å²) >= 11 is 2.59. The Bertz CT molecular complexity index is 1100. The monoisotopic (exact) mass is 466 g/mol. The van der Waals surface area contributed by atoms with Crippen molar-refractivity contribution in [3.63, 3.8) is 0 Å². The first-order chi connectivity index (χ1) is 14.4. The van der Waals surface area contributed by atoms with Crippen molar-refractivity contribution in [1.82, 2.24) is 9.29 Å². The van der Waals surface area contributed by atoms with Crippen LogP contribution in [0.1, 0.15) is 18.5 Å². The molecule has 3 heterocycles. The van der Waals surface area contributed by atoms with E-state index in [1.807, 2.05) is 5.38 Å². The molecule has 1 aliphatic rings. The van der Waals surface area contributed by atoms with E-state index < -0.39 is 10.0 Å². The van der Waals surface area contributed by atoms with Gasteiger partial charge in [0.15, 0.2) is 0 Å². The van der Waals surface area contributed by atoms with Gasteiger partial charge >= 0.3 is 5.97 Å². The van der Waals surface area contributed by atoms with E-state index in [0.29, 0.717) is 35.8 Å². The summed E-state index contributed by atoms with van der Waals surface area (Å²) in [7, 11) is -3.48. The number of hydrogen-bond acceptors (Lipinski definition) is 7. The van der Waals surface area contributed by atoms with Gasteiger partial charge in [0.25, 0.3) is 10.0 Å². The average Bonchev–Trinajstić information content (AvgIpc) is 3.45. The van der Waals surface area contributed by atoms with Gasteiger partial charge < -0.3 is 4.74 Å². The number of halogens is 1. The number of esters is 1. The van der Waals surface area contributed by atoms with Crippen molar-refractivity contribution in [1.29, 1.82) is 0 Å². The van der Waals surface area contributed by atoms with E-state index in [9.17, 15) is 17.6 Å². The summed E-state index contributed by atoms with van der Waals surface area (Å²) < 4.78 is 45.3. The highest BCUT2D eigenvalue weighted by Gasteiger charge is 2.33. The Morgan fingerprint density at radius 3 is 2.57 bits per heavy atom. The van der Waals surface area contributed by atoms with Crippen molar-refractivity contribution in [2.45, 2.75) is 23.7 Å². The van der Waals surface area contributed by atoms with Crippen LogP contribution in [0, 0.1) is 11.7 Å². The molecular weight excluding hydrogens is 447 g/mol. The van der Waals surface area contributed by atoms with E-state index in [1.54, 1.807) is 29.6 Å². The Balaban J connectivity index is 1.29. The van der Waals surface area contributed by atoms with Crippen LogP contribution in [0.3, 0.4) is 0 Å². The molecule has 1 aromatic carbocycles. The number of ether oxygens (including phenoxy) is 1. The molecule has 0 N–H and O–H groups in total. The molecular formula is C20H19FN2O4S3.